The molecule has 0 saturated carbocycles. The summed E-state index contributed by atoms with van der Waals surface area (Å²) >= 11 is 0. The molecule has 0 aliphatic rings. The van der Waals surface area contributed by atoms with Gasteiger partial charge in [-0.05, 0) is 6.92 Å². The molecule has 0 aromatic heterocycles. The largest absolute Gasteiger partial charge is 0.468 e. The fraction of sp³-hybridized carbons (Fsp3) is 0.875. The molecule has 4 nitrogen and oxygen atoms in total. The summed E-state index contributed by atoms with van der Waals surface area (Å²) in [7, 11) is 0.887. The van der Waals surface area contributed by atoms with Crippen LogP contribution in [-0.2, 0) is 14.3 Å². The molecule has 108 valence electrons. The molecule has 0 rings (SSSR count). The lowest BCUT2D eigenvalue weighted by molar-refractivity contribution is -0.323. The minimum atomic E-state index is -5.65. The highest BCUT2D eigenvalue weighted by Gasteiger charge is 2.58. The molecule has 0 fully saturated rings. The van der Waals surface area contributed by atoms with Crippen LogP contribution in [0.2, 0.25) is 0 Å². The van der Waals surface area contributed by atoms with E-state index in [0.717, 1.165) is 14.0 Å². The summed E-state index contributed by atoms with van der Waals surface area (Å²) in [6, 6.07) is 0. The number of carbonyl (C=O) groups excluding carboxylic acids is 1. The zero-order valence-electron chi connectivity index (χ0n) is 9.35. The molecule has 0 aliphatic heterocycles. The summed E-state index contributed by atoms with van der Waals surface area (Å²) in [6.07, 6.45) is -15.3. The number of halogens is 6. The highest BCUT2D eigenvalue weighted by molar-refractivity contribution is 5.80. The van der Waals surface area contributed by atoms with Crippen LogP contribution in [0.1, 0.15) is 6.92 Å². The van der Waals surface area contributed by atoms with Crippen LogP contribution >= 0.6 is 0 Å². The Morgan fingerprint density at radius 2 is 1.56 bits per heavy atom. The van der Waals surface area contributed by atoms with Gasteiger partial charge in [-0.2, -0.15) is 26.3 Å². The molecule has 0 spiro atoms. The van der Waals surface area contributed by atoms with E-state index in [-0.39, 0.29) is 0 Å². The van der Waals surface area contributed by atoms with Crippen LogP contribution in [-0.4, -0.2) is 43.7 Å². The van der Waals surface area contributed by atoms with E-state index in [2.05, 4.69) is 9.47 Å². The number of alkyl halides is 6. The van der Waals surface area contributed by atoms with E-state index >= 15 is 0 Å². The summed E-state index contributed by atoms with van der Waals surface area (Å²) in [5.41, 5.74) is 3.06. The molecule has 1 atom stereocenters. The Kier molecular flexibility index (Phi) is 5.00. The van der Waals surface area contributed by atoms with Crippen molar-refractivity contribution < 1.29 is 40.6 Å². The summed E-state index contributed by atoms with van der Waals surface area (Å²) in [6.45, 7) is -0.397. The van der Waals surface area contributed by atoms with Gasteiger partial charge in [-0.3, -0.25) is 0 Å². The van der Waals surface area contributed by atoms with E-state index in [4.69, 9.17) is 5.73 Å². The Hall–Kier alpha value is -1.03. The van der Waals surface area contributed by atoms with Gasteiger partial charge in [0.1, 0.15) is 5.54 Å². The van der Waals surface area contributed by atoms with Crippen molar-refractivity contribution in [1.82, 2.24) is 0 Å². The normalized spacial score (nSPS) is 16.6. The molecule has 0 saturated heterocycles. The van der Waals surface area contributed by atoms with Crippen LogP contribution < -0.4 is 5.73 Å². The Morgan fingerprint density at radius 3 is 1.83 bits per heavy atom. The van der Waals surface area contributed by atoms with Crippen LogP contribution in [0.25, 0.3) is 0 Å². The third-order valence-corrected chi connectivity index (χ3v) is 1.80. The number of esters is 1. The lowest BCUT2D eigenvalue weighted by atomic mass is 10.1. The first-order chi connectivity index (χ1) is 7.82. The van der Waals surface area contributed by atoms with Gasteiger partial charge >= 0.3 is 18.3 Å². The van der Waals surface area contributed by atoms with Crippen LogP contribution in [0.15, 0.2) is 0 Å². The molecule has 0 bridgehead atoms. The molecule has 0 aromatic rings. The number of hydrogen-bond donors (Lipinski definition) is 1. The zero-order valence-corrected chi connectivity index (χ0v) is 9.35. The molecule has 10 heteroatoms. The summed E-state index contributed by atoms with van der Waals surface area (Å²) < 4.78 is 80.2. The van der Waals surface area contributed by atoms with Gasteiger partial charge in [-0.25, -0.2) is 4.79 Å². The average Bonchev–Trinajstić information content (AvgIpc) is 2.11. The van der Waals surface area contributed by atoms with Gasteiger partial charge in [0, 0.05) is 0 Å². The van der Waals surface area contributed by atoms with Crippen LogP contribution in [0.5, 0.6) is 0 Å². The van der Waals surface area contributed by atoms with Crippen molar-refractivity contribution in [3.63, 3.8) is 0 Å². The second kappa shape index (κ2) is 5.31. The fourth-order valence-corrected chi connectivity index (χ4v) is 0.923. The molecule has 0 radical (unpaired) electrons. The Morgan fingerprint density at radius 1 is 1.17 bits per heavy atom. The number of rotatable bonds is 4. The van der Waals surface area contributed by atoms with Gasteiger partial charge in [0.05, 0.1) is 13.7 Å². The van der Waals surface area contributed by atoms with E-state index in [1.54, 1.807) is 0 Å². The van der Waals surface area contributed by atoms with Gasteiger partial charge in [-0.1, -0.05) is 0 Å². The van der Waals surface area contributed by atoms with Gasteiger partial charge in [-0.15, -0.1) is 0 Å². The first kappa shape index (κ1) is 17.0. The van der Waals surface area contributed by atoms with Crippen LogP contribution in [0, 0.1) is 0 Å². The van der Waals surface area contributed by atoms with Crippen molar-refractivity contribution in [3.05, 3.63) is 0 Å². The minimum Gasteiger partial charge on any atom is -0.468 e. The van der Waals surface area contributed by atoms with Crippen molar-refractivity contribution in [3.8, 4) is 0 Å². The van der Waals surface area contributed by atoms with Gasteiger partial charge in [0.15, 0.2) is 0 Å². The Labute approximate surface area is 98.0 Å². The number of nitrogens with two attached hydrogens (primary N) is 1. The molecule has 1 unspecified atom stereocenters. The molecule has 0 heterocycles. The van der Waals surface area contributed by atoms with Crippen LogP contribution in [0.3, 0.4) is 0 Å². The number of methoxy groups -OCH3 is 1. The predicted octanol–water partition coefficient (Wildman–Crippen LogP) is 1.39. The van der Waals surface area contributed by atoms with Gasteiger partial charge in [0.2, 0.25) is 6.10 Å². The van der Waals surface area contributed by atoms with E-state index in [9.17, 15) is 31.1 Å². The Bertz CT molecular complexity index is 284. The smallest absolute Gasteiger partial charge is 0.423 e. The number of hydrogen-bond acceptors (Lipinski definition) is 4. The van der Waals surface area contributed by atoms with E-state index in [0.29, 0.717) is 0 Å². The van der Waals surface area contributed by atoms with E-state index in [1.807, 2.05) is 0 Å². The van der Waals surface area contributed by atoms with Gasteiger partial charge < -0.3 is 15.2 Å². The van der Waals surface area contributed by atoms with E-state index in [1.165, 1.54) is 0 Å². The lowest BCUT2D eigenvalue weighted by Gasteiger charge is -2.27. The zero-order chi connectivity index (χ0) is 14.8. The second-order valence-electron chi connectivity index (χ2n) is 3.68. The fourth-order valence-electron chi connectivity index (χ4n) is 0.923. The standard InChI is InChI=1S/C8H11F6NO3/c1-6(15,5(16)17-2)3-18-4(7(9,10)11)8(12,13)14/h4H,3,15H2,1-2H3. The van der Waals surface area contributed by atoms with Crippen LogP contribution in [0.4, 0.5) is 26.3 Å². The SMILES string of the molecule is COC(=O)C(C)(N)COC(C(F)(F)F)C(F)(F)F. The predicted molar refractivity (Wildman–Crippen MR) is 46.5 cm³/mol. The van der Waals surface area contributed by atoms with Crippen molar-refractivity contribution in [2.75, 3.05) is 13.7 Å². The van der Waals surface area contributed by atoms with Crippen molar-refractivity contribution in [1.29, 1.82) is 0 Å². The number of carbonyl (C=O) groups is 1. The maximum Gasteiger partial charge on any atom is 0.423 e. The highest BCUT2D eigenvalue weighted by Crippen LogP contribution is 2.35. The maximum atomic E-state index is 12.1. The molecular weight excluding hydrogens is 272 g/mol. The third kappa shape index (κ3) is 4.69. The molecule has 0 aromatic carbocycles. The molecular formula is C8H11F6NO3. The summed E-state index contributed by atoms with van der Waals surface area (Å²) in [4.78, 5) is 11.0. The summed E-state index contributed by atoms with van der Waals surface area (Å²) in [5.74, 6) is -1.19. The second-order valence-corrected chi connectivity index (χ2v) is 3.68. The summed E-state index contributed by atoms with van der Waals surface area (Å²) in [5, 5.41) is 0. The lowest BCUT2D eigenvalue weighted by Crippen LogP contribution is -2.53. The van der Waals surface area contributed by atoms with Crippen molar-refractivity contribution >= 4 is 5.97 Å². The third-order valence-electron chi connectivity index (χ3n) is 1.80. The number of ether oxygens (including phenoxy) is 2. The van der Waals surface area contributed by atoms with Gasteiger partial charge in [0.25, 0.3) is 0 Å². The minimum absolute atomic E-state index is 0.887. The molecule has 0 aliphatic carbocycles. The highest BCUT2D eigenvalue weighted by atomic mass is 19.4. The van der Waals surface area contributed by atoms with Crippen molar-refractivity contribution in [2.24, 2.45) is 5.73 Å². The molecule has 2 N–H and O–H groups in total. The van der Waals surface area contributed by atoms with E-state index < -0.39 is 36.6 Å². The average molecular weight is 283 g/mol. The first-order valence-corrected chi connectivity index (χ1v) is 4.44. The first-order valence-electron chi connectivity index (χ1n) is 4.44. The van der Waals surface area contributed by atoms with Crippen molar-refractivity contribution in [2.45, 2.75) is 30.9 Å². The molecule has 0 amide bonds. The topological polar surface area (TPSA) is 61.5 Å². The quantitative estimate of drug-likeness (QED) is 0.625. The maximum absolute atomic E-state index is 12.1. The monoisotopic (exact) mass is 283 g/mol. The Balaban J connectivity index is 4.80. The molecule has 18 heavy (non-hydrogen) atoms.